The molecule has 5 atom stereocenters. The molecule has 3 aliphatic rings. The number of allylic oxidation sites excluding steroid dienone is 2. The van der Waals surface area contributed by atoms with E-state index >= 15 is 0 Å². The monoisotopic (exact) mass is 276 g/mol. The first kappa shape index (κ1) is 13.8. The van der Waals surface area contributed by atoms with Crippen molar-refractivity contribution in [2.24, 2.45) is 34.5 Å². The van der Waals surface area contributed by atoms with E-state index in [1.807, 2.05) is 6.92 Å². The van der Waals surface area contributed by atoms with Crippen LogP contribution in [0.25, 0.3) is 0 Å². The molecule has 20 heavy (non-hydrogen) atoms. The first-order chi connectivity index (χ1) is 9.28. The first-order valence-electron chi connectivity index (χ1n) is 7.72. The van der Waals surface area contributed by atoms with Crippen molar-refractivity contribution in [1.82, 2.24) is 0 Å². The Bertz CT molecular complexity index is 490. The number of fused-ring (bicyclic) bond motifs is 1. The number of hydrogen-bond acceptors (Lipinski definition) is 3. The van der Waals surface area contributed by atoms with E-state index in [1.165, 1.54) is 12.8 Å². The molecule has 0 spiro atoms. The molecule has 3 heteroatoms. The second-order valence-electron chi connectivity index (χ2n) is 7.72. The highest BCUT2D eigenvalue weighted by Gasteiger charge is 2.59. The summed E-state index contributed by atoms with van der Waals surface area (Å²) in [7, 11) is 0. The Hall–Kier alpha value is -1.12. The third-order valence-electron chi connectivity index (χ3n) is 6.49. The summed E-state index contributed by atoms with van der Waals surface area (Å²) in [5.74, 6) is -0.939. The van der Waals surface area contributed by atoms with E-state index < -0.39 is 0 Å². The molecule has 0 aromatic heterocycles. The minimum atomic E-state index is -0.318. The molecule has 0 bridgehead atoms. The molecule has 3 rings (SSSR count). The van der Waals surface area contributed by atoms with Gasteiger partial charge in [-0.1, -0.05) is 46.3 Å². The quantitative estimate of drug-likeness (QED) is 0.419. The Kier molecular flexibility index (Phi) is 2.90. The molecule has 0 radical (unpaired) electrons. The maximum atomic E-state index is 12.2. The third-order valence-corrected chi connectivity index (χ3v) is 6.49. The topological polar surface area (TPSA) is 43.4 Å². The Morgan fingerprint density at radius 3 is 2.30 bits per heavy atom. The molecular formula is C17H24O3. The Morgan fingerprint density at radius 1 is 1.05 bits per heavy atom. The molecule has 0 aromatic rings. The van der Waals surface area contributed by atoms with E-state index in [0.717, 1.165) is 6.42 Å². The van der Waals surface area contributed by atoms with Gasteiger partial charge in [0.05, 0.1) is 11.8 Å². The zero-order valence-electron chi connectivity index (χ0n) is 12.8. The predicted molar refractivity (Wildman–Crippen MR) is 75.6 cm³/mol. The van der Waals surface area contributed by atoms with Crippen molar-refractivity contribution >= 4 is 11.9 Å². The molecule has 0 aromatic carbocycles. The van der Waals surface area contributed by atoms with Gasteiger partial charge in [0.2, 0.25) is 0 Å². The van der Waals surface area contributed by atoms with Crippen LogP contribution in [0.3, 0.4) is 0 Å². The maximum absolute atomic E-state index is 12.2. The van der Waals surface area contributed by atoms with E-state index in [4.69, 9.17) is 4.74 Å². The molecule has 0 unspecified atom stereocenters. The van der Waals surface area contributed by atoms with Crippen molar-refractivity contribution < 1.29 is 14.3 Å². The summed E-state index contributed by atoms with van der Waals surface area (Å²) < 4.78 is 4.96. The molecule has 2 aliphatic carbocycles. The lowest BCUT2D eigenvalue weighted by Crippen LogP contribution is -2.45. The van der Waals surface area contributed by atoms with Gasteiger partial charge in [-0.05, 0) is 35.5 Å². The van der Waals surface area contributed by atoms with E-state index in [9.17, 15) is 9.59 Å². The van der Waals surface area contributed by atoms with Crippen molar-refractivity contribution in [3.63, 3.8) is 0 Å². The van der Waals surface area contributed by atoms with Crippen molar-refractivity contribution in [2.75, 3.05) is 0 Å². The molecule has 1 heterocycles. The number of cyclic esters (lactones) is 2. The summed E-state index contributed by atoms with van der Waals surface area (Å²) in [5.41, 5.74) is 0.259. The van der Waals surface area contributed by atoms with Crippen LogP contribution in [0.5, 0.6) is 0 Å². The van der Waals surface area contributed by atoms with E-state index in [0.29, 0.717) is 0 Å². The summed E-state index contributed by atoms with van der Waals surface area (Å²) in [6, 6.07) is 0. The highest BCUT2D eigenvalue weighted by Crippen LogP contribution is 2.61. The SMILES string of the molecule is C[C@@H]1C=C[C@H]([C@]2(C)CCCC2(C)C)[C@@H]2C(=O)OC(=O)[C@@H]21. The molecule has 110 valence electrons. The average molecular weight is 276 g/mol. The summed E-state index contributed by atoms with van der Waals surface area (Å²) in [4.78, 5) is 24.2. The van der Waals surface area contributed by atoms with Gasteiger partial charge in [-0.2, -0.15) is 0 Å². The maximum Gasteiger partial charge on any atom is 0.318 e. The Labute approximate surface area is 120 Å². The van der Waals surface area contributed by atoms with Gasteiger partial charge in [-0.3, -0.25) is 9.59 Å². The van der Waals surface area contributed by atoms with Gasteiger partial charge in [-0.15, -0.1) is 0 Å². The van der Waals surface area contributed by atoms with Gasteiger partial charge in [0.15, 0.2) is 0 Å². The normalized spacial score (nSPS) is 46.4. The van der Waals surface area contributed by atoms with Crippen LogP contribution < -0.4 is 0 Å². The molecule has 1 aliphatic heterocycles. The number of rotatable bonds is 1. The van der Waals surface area contributed by atoms with Gasteiger partial charge in [0.25, 0.3) is 0 Å². The molecule has 1 saturated heterocycles. The lowest BCUT2D eigenvalue weighted by Gasteiger charge is -2.47. The van der Waals surface area contributed by atoms with E-state index in [2.05, 4.69) is 32.9 Å². The fraction of sp³-hybridized carbons (Fsp3) is 0.765. The smallest absolute Gasteiger partial charge is 0.318 e. The fourth-order valence-corrected chi connectivity index (χ4v) is 4.72. The van der Waals surface area contributed by atoms with Crippen LogP contribution in [0, 0.1) is 34.5 Å². The standard InChI is InChI=1S/C17H24O3/c1-10-6-7-11(13-12(10)14(18)20-15(13)19)17(4)9-5-8-16(17,2)3/h6-7,10-13H,5,8-9H2,1-4H3/t10-,11+,12-,13+,17+/m1/s1. The van der Waals surface area contributed by atoms with Gasteiger partial charge < -0.3 is 4.74 Å². The Balaban J connectivity index is 2.04. The minimum absolute atomic E-state index is 0.0657. The highest BCUT2D eigenvalue weighted by molar-refractivity contribution is 5.97. The van der Waals surface area contributed by atoms with Gasteiger partial charge >= 0.3 is 11.9 Å². The molecule has 0 N–H and O–H groups in total. The van der Waals surface area contributed by atoms with Crippen LogP contribution in [0.2, 0.25) is 0 Å². The van der Waals surface area contributed by atoms with Crippen molar-refractivity contribution in [2.45, 2.75) is 47.0 Å². The number of carbonyl (C=O) groups excluding carboxylic acids is 2. The lowest BCUT2D eigenvalue weighted by molar-refractivity contribution is -0.154. The van der Waals surface area contributed by atoms with Crippen LogP contribution in [0.15, 0.2) is 12.2 Å². The Morgan fingerprint density at radius 2 is 1.70 bits per heavy atom. The van der Waals surface area contributed by atoms with E-state index in [1.54, 1.807) is 0 Å². The average Bonchev–Trinajstić information content (AvgIpc) is 2.79. The second-order valence-corrected chi connectivity index (χ2v) is 7.72. The molecule has 2 fully saturated rings. The number of ether oxygens (including phenoxy) is 1. The number of esters is 2. The first-order valence-corrected chi connectivity index (χ1v) is 7.72. The molecule has 3 nitrogen and oxygen atoms in total. The summed E-state index contributed by atoms with van der Waals surface area (Å²) in [5, 5.41) is 0. The molecular weight excluding hydrogens is 252 g/mol. The minimum Gasteiger partial charge on any atom is -0.393 e. The van der Waals surface area contributed by atoms with Crippen LogP contribution in [-0.4, -0.2) is 11.9 Å². The van der Waals surface area contributed by atoms with Gasteiger partial charge in [0.1, 0.15) is 0 Å². The summed E-state index contributed by atoms with van der Waals surface area (Å²) in [6.07, 6.45) is 7.81. The lowest BCUT2D eigenvalue weighted by atomic mass is 9.55. The van der Waals surface area contributed by atoms with Crippen molar-refractivity contribution in [3.8, 4) is 0 Å². The van der Waals surface area contributed by atoms with Crippen LogP contribution in [0.4, 0.5) is 0 Å². The number of hydrogen-bond donors (Lipinski definition) is 0. The fourth-order valence-electron chi connectivity index (χ4n) is 4.72. The van der Waals surface area contributed by atoms with E-state index in [-0.39, 0.29) is 46.4 Å². The van der Waals surface area contributed by atoms with Crippen LogP contribution in [-0.2, 0) is 14.3 Å². The predicted octanol–water partition coefficient (Wildman–Crippen LogP) is 3.34. The molecule has 0 amide bonds. The largest absolute Gasteiger partial charge is 0.393 e. The molecule has 1 saturated carbocycles. The van der Waals surface area contributed by atoms with Crippen LogP contribution >= 0.6 is 0 Å². The van der Waals surface area contributed by atoms with Gasteiger partial charge in [0, 0.05) is 0 Å². The third kappa shape index (κ3) is 1.64. The zero-order chi connectivity index (χ0) is 14.7. The highest BCUT2D eigenvalue weighted by atomic mass is 16.6. The van der Waals surface area contributed by atoms with Crippen molar-refractivity contribution in [3.05, 3.63) is 12.2 Å². The van der Waals surface area contributed by atoms with Crippen LogP contribution in [0.1, 0.15) is 47.0 Å². The number of carbonyl (C=O) groups is 2. The summed E-state index contributed by atoms with van der Waals surface area (Å²) in [6.45, 7) is 8.89. The summed E-state index contributed by atoms with van der Waals surface area (Å²) >= 11 is 0. The van der Waals surface area contributed by atoms with Crippen molar-refractivity contribution in [1.29, 1.82) is 0 Å². The zero-order valence-corrected chi connectivity index (χ0v) is 12.8. The second kappa shape index (κ2) is 4.19. The van der Waals surface area contributed by atoms with Gasteiger partial charge in [-0.25, -0.2) is 0 Å².